The van der Waals surface area contributed by atoms with E-state index in [9.17, 15) is 20.1 Å². The Bertz CT molecular complexity index is 293. The van der Waals surface area contributed by atoms with E-state index in [0.29, 0.717) is 5.92 Å². The molecule has 0 bridgehead atoms. The van der Waals surface area contributed by atoms with Gasteiger partial charge in [0.25, 0.3) is 0 Å². The van der Waals surface area contributed by atoms with Gasteiger partial charge in [-0.1, -0.05) is 20.8 Å². The van der Waals surface area contributed by atoms with Crippen LogP contribution in [0.15, 0.2) is 0 Å². The molecule has 0 radical (unpaired) electrons. The van der Waals surface area contributed by atoms with Gasteiger partial charge in [0.15, 0.2) is 0 Å². The molecule has 1 aliphatic heterocycles. The van der Waals surface area contributed by atoms with Gasteiger partial charge in [0, 0.05) is 0 Å². The van der Waals surface area contributed by atoms with Crippen LogP contribution < -0.4 is 0 Å². The van der Waals surface area contributed by atoms with Crippen LogP contribution in [0.3, 0.4) is 0 Å². The highest BCUT2D eigenvalue weighted by Crippen LogP contribution is 2.18. The fourth-order valence-electron chi connectivity index (χ4n) is 2.17. The van der Waals surface area contributed by atoms with Crippen LogP contribution in [0.2, 0.25) is 0 Å². The third kappa shape index (κ3) is 4.72. The van der Waals surface area contributed by atoms with E-state index >= 15 is 0 Å². The number of aliphatic hydroxyl groups is 3. The van der Waals surface area contributed by atoms with Crippen LogP contribution in [0, 0.1) is 11.8 Å². The topological polar surface area (TPSA) is 96.2 Å². The second-order valence-corrected chi connectivity index (χ2v) is 5.58. The van der Waals surface area contributed by atoms with Crippen LogP contribution in [0.4, 0.5) is 0 Å². The van der Waals surface area contributed by atoms with E-state index in [1.165, 1.54) is 0 Å². The second-order valence-electron chi connectivity index (χ2n) is 5.58. The smallest absolute Gasteiger partial charge is 0.308 e. The molecular weight excluding hydrogens is 252 g/mol. The van der Waals surface area contributed by atoms with Crippen molar-refractivity contribution in [1.29, 1.82) is 0 Å². The van der Waals surface area contributed by atoms with Crippen LogP contribution in [0.5, 0.6) is 0 Å². The number of aliphatic hydroxyl groups excluding tert-OH is 3. The second kappa shape index (κ2) is 7.19. The number of rotatable bonds is 6. The molecule has 0 spiro atoms. The molecule has 5 unspecified atom stereocenters. The average Bonchev–Trinajstić information content (AvgIpc) is 2.65. The molecule has 19 heavy (non-hydrogen) atoms. The van der Waals surface area contributed by atoms with Gasteiger partial charge in [-0.05, 0) is 12.3 Å². The van der Waals surface area contributed by atoms with Crippen molar-refractivity contribution in [2.45, 2.75) is 51.6 Å². The normalized spacial score (nSPS) is 30.4. The van der Waals surface area contributed by atoms with Crippen molar-refractivity contribution in [2.24, 2.45) is 11.8 Å². The molecule has 6 heteroatoms. The maximum atomic E-state index is 11.7. The Morgan fingerprint density at radius 3 is 2.47 bits per heavy atom. The number of ether oxygens (including phenoxy) is 2. The predicted molar refractivity (Wildman–Crippen MR) is 67.3 cm³/mol. The van der Waals surface area contributed by atoms with Crippen LogP contribution in [0.25, 0.3) is 0 Å². The summed E-state index contributed by atoms with van der Waals surface area (Å²) >= 11 is 0. The standard InChI is InChI=1S/C13H24O6/c1-7(2)4-8(3)13(17)19-6-10(15)12-11(16)9(14)5-18-12/h7-12,14-16H,4-6H2,1-3H3. The monoisotopic (exact) mass is 276 g/mol. The Labute approximate surface area is 113 Å². The zero-order valence-electron chi connectivity index (χ0n) is 11.7. The fourth-order valence-corrected chi connectivity index (χ4v) is 2.17. The summed E-state index contributed by atoms with van der Waals surface area (Å²) in [7, 11) is 0. The summed E-state index contributed by atoms with van der Waals surface area (Å²) in [6.45, 7) is 5.54. The van der Waals surface area contributed by atoms with E-state index in [0.717, 1.165) is 6.42 Å². The average molecular weight is 276 g/mol. The molecular formula is C13H24O6. The summed E-state index contributed by atoms with van der Waals surface area (Å²) in [5, 5.41) is 28.6. The van der Waals surface area contributed by atoms with Crippen LogP contribution in [-0.2, 0) is 14.3 Å². The molecule has 0 aliphatic carbocycles. The van der Waals surface area contributed by atoms with Crippen LogP contribution in [-0.4, -0.2) is 58.9 Å². The molecule has 0 aromatic rings. The third-order valence-corrected chi connectivity index (χ3v) is 3.19. The zero-order chi connectivity index (χ0) is 14.6. The Morgan fingerprint density at radius 1 is 1.37 bits per heavy atom. The minimum absolute atomic E-state index is 0.0272. The number of carbonyl (C=O) groups excluding carboxylic acids is 1. The Hall–Kier alpha value is -0.690. The lowest BCUT2D eigenvalue weighted by Gasteiger charge is -2.21. The molecule has 0 aromatic heterocycles. The van der Waals surface area contributed by atoms with Crippen LogP contribution in [0.1, 0.15) is 27.2 Å². The van der Waals surface area contributed by atoms with E-state index < -0.39 is 24.4 Å². The molecule has 6 nitrogen and oxygen atoms in total. The molecule has 3 N–H and O–H groups in total. The van der Waals surface area contributed by atoms with Crippen molar-refractivity contribution < 1.29 is 29.6 Å². The van der Waals surface area contributed by atoms with Gasteiger partial charge in [-0.15, -0.1) is 0 Å². The van der Waals surface area contributed by atoms with Crippen LogP contribution >= 0.6 is 0 Å². The fraction of sp³-hybridized carbons (Fsp3) is 0.923. The lowest BCUT2D eigenvalue weighted by molar-refractivity contribution is -0.155. The molecule has 1 heterocycles. The molecule has 0 aromatic carbocycles. The highest BCUT2D eigenvalue weighted by Gasteiger charge is 2.39. The SMILES string of the molecule is CC(C)CC(C)C(=O)OCC(O)C1OCC(O)C1O. The first-order valence-electron chi connectivity index (χ1n) is 6.65. The summed E-state index contributed by atoms with van der Waals surface area (Å²) in [5.74, 6) is -0.212. The first kappa shape index (κ1) is 16.4. The molecule has 112 valence electrons. The number of hydrogen-bond donors (Lipinski definition) is 3. The van der Waals surface area contributed by atoms with Gasteiger partial charge < -0.3 is 24.8 Å². The number of esters is 1. The van der Waals surface area contributed by atoms with Gasteiger partial charge in [-0.3, -0.25) is 4.79 Å². The van der Waals surface area contributed by atoms with Crippen molar-refractivity contribution in [3.8, 4) is 0 Å². The lowest BCUT2D eigenvalue weighted by atomic mass is 9.99. The number of hydrogen-bond acceptors (Lipinski definition) is 6. The van der Waals surface area contributed by atoms with Gasteiger partial charge in [0.2, 0.25) is 0 Å². The summed E-state index contributed by atoms with van der Waals surface area (Å²) in [6.07, 6.45) is -3.49. The van der Waals surface area contributed by atoms with E-state index in [4.69, 9.17) is 9.47 Å². The molecule has 0 saturated carbocycles. The van der Waals surface area contributed by atoms with E-state index in [-0.39, 0.29) is 25.1 Å². The Morgan fingerprint density at radius 2 is 2.00 bits per heavy atom. The Kier molecular flexibility index (Phi) is 6.19. The van der Waals surface area contributed by atoms with Crippen molar-refractivity contribution in [2.75, 3.05) is 13.2 Å². The van der Waals surface area contributed by atoms with E-state index in [2.05, 4.69) is 0 Å². The maximum absolute atomic E-state index is 11.7. The van der Waals surface area contributed by atoms with Gasteiger partial charge in [-0.2, -0.15) is 0 Å². The van der Waals surface area contributed by atoms with E-state index in [1.807, 2.05) is 13.8 Å². The maximum Gasteiger partial charge on any atom is 0.308 e. The van der Waals surface area contributed by atoms with Gasteiger partial charge in [0.05, 0.1) is 12.5 Å². The summed E-state index contributed by atoms with van der Waals surface area (Å²) in [4.78, 5) is 11.7. The molecule has 0 amide bonds. The van der Waals surface area contributed by atoms with Crippen molar-refractivity contribution in [3.05, 3.63) is 0 Å². The molecule has 1 fully saturated rings. The minimum Gasteiger partial charge on any atom is -0.463 e. The summed E-state index contributed by atoms with van der Waals surface area (Å²) in [6, 6.07) is 0. The number of carbonyl (C=O) groups is 1. The molecule has 5 atom stereocenters. The molecule has 1 saturated heterocycles. The first-order valence-corrected chi connectivity index (χ1v) is 6.65. The highest BCUT2D eigenvalue weighted by atomic mass is 16.6. The van der Waals surface area contributed by atoms with Gasteiger partial charge >= 0.3 is 5.97 Å². The van der Waals surface area contributed by atoms with Gasteiger partial charge in [-0.25, -0.2) is 0 Å². The lowest BCUT2D eigenvalue weighted by Crippen LogP contribution is -2.41. The quantitative estimate of drug-likeness (QED) is 0.576. The first-order chi connectivity index (χ1) is 8.82. The summed E-state index contributed by atoms with van der Waals surface area (Å²) < 4.78 is 10.1. The third-order valence-electron chi connectivity index (χ3n) is 3.19. The molecule has 1 rings (SSSR count). The molecule has 1 aliphatic rings. The predicted octanol–water partition coefficient (Wildman–Crippen LogP) is -0.307. The Balaban J connectivity index is 2.34. The summed E-state index contributed by atoms with van der Waals surface area (Å²) in [5.41, 5.74) is 0. The highest BCUT2D eigenvalue weighted by molar-refractivity contribution is 5.71. The largest absolute Gasteiger partial charge is 0.463 e. The van der Waals surface area contributed by atoms with Gasteiger partial charge in [0.1, 0.15) is 31.0 Å². The van der Waals surface area contributed by atoms with E-state index in [1.54, 1.807) is 6.92 Å². The van der Waals surface area contributed by atoms with Crippen molar-refractivity contribution in [1.82, 2.24) is 0 Å². The zero-order valence-corrected chi connectivity index (χ0v) is 11.7. The van der Waals surface area contributed by atoms with Crippen molar-refractivity contribution >= 4 is 5.97 Å². The minimum atomic E-state index is -1.15. The van der Waals surface area contributed by atoms with Crippen molar-refractivity contribution in [3.63, 3.8) is 0 Å².